The van der Waals surface area contributed by atoms with Gasteiger partial charge in [-0.25, -0.2) is 0 Å². The fraction of sp³-hybridized carbons (Fsp3) is 0.750. The first-order valence-electron chi connectivity index (χ1n) is 11.8. The molecule has 1 aliphatic carbocycles. The van der Waals surface area contributed by atoms with Gasteiger partial charge in [-0.3, -0.25) is 4.90 Å². The van der Waals surface area contributed by atoms with Crippen molar-refractivity contribution in [3.05, 3.63) is 23.8 Å². The molecule has 0 aromatic heterocycles. The van der Waals surface area contributed by atoms with Crippen molar-refractivity contribution in [1.82, 2.24) is 4.90 Å². The lowest BCUT2D eigenvalue weighted by atomic mass is 9.76. The molecule has 1 aromatic rings. The number of nitrogens with two attached hydrogens (primary N) is 1. The number of rotatable bonds is 7. The van der Waals surface area contributed by atoms with Crippen LogP contribution in [-0.4, -0.2) is 64.9 Å². The highest BCUT2D eigenvalue weighted by Gasteiger charge is 2.43. The maximum Gasteiger partial charge on any atom is 0.135 e. The molecule has 2 fully saturated rings. The number of ether oxygens (including phenoxy) is 1. The van der Waals surface area contributed by atoms with Crippen molar-refractivity contribution in [3.63, 3.8) is 0 Å². The van der Waals surface area contributed by atoms with Crippen molar-refractivity contribution in [2.45, 2.75) is 95.5 Å². The molecule has 7 nitrogen and oxygen atoms in total. The fourth-order valence-electron chi connectivity index (χ4n) is 5.14. The summed E-state index contributed by atoms with van der Waals surface area (Å²) in [6.45, 7) is 10.4. The normalized spacial score (nSPS) is 34.9. The van der Waals surface area contributed by atoms with Crippen LogP contribution in [0.2, 0.25) is 0 Å². The van der Waals surface area contributed by atoms with Gasteiger partial charge in [-0.05, 0) is 61.3 Å². The topological polar surface area (TPSA) is 103 Å². The Kier molecular flexibility index (Phi) is 6.52. The van der Waals surface area contributed by atoms with E-state index in [1.54, 1.807) is 0 Å². The molecule has 2 heterocycles. The third-order valence-electron chi connectivity index (χ3n) is 7.36. The number of likely N-dealkylation sites (N-methyl/N-ethyl adjacent to an activating group) is 1. The van der Waals surface area contributed by atoms with Gasteiger partial charge in [0.1, 0.15) is 24.5 Å². The Hall–Kier alpha value is -1.38. The van der Waals surface area contributed by atoms with Gasteiger partial charge in [-0.2, -0.15) is 0 Å². The summed E-state index contributed by atoms with van der Waals surface area (Å²) in [4.78, 5) is 2.37. The molecular weight excluding hydrogens is 392 g/mol. The van der Waals surface area contributed by atoms with E-state index in [9.17, 15) is 10.2 Å². The lowest BCUT2D eigenvalue weighted by Gasteiger charge is -2.44. The summed E-state index contributed by atoms with van der Waals surface area (Å²) >= 11 is 0. The van der Waals surface area contributed by atoms with E-state index < -0.39 is 24.5 Å². The Balaban J connectivity index is 1.21. The molecule has 1 saturated heterocycles. The average molecular weight is 433 g/mol. The monoisotopic (exact) mass is 432 g/mol. The van der Waals surface area contributed by atoms with Crippen molar-refractivity contribution < 1.29 is 14.9 Å². The summed E-state index contributed by atoms with van der Waals surface area (Å²) in [5.74, 6) is 0.735. The fourth-order valence-corrected chi connectivity index (χ4v) is 5.14. The molecule has 31 heavy (non-hydrogen) atoms. The van der Waals surface area contributed by atoms with Gasteiger partial charge in [0.2, 0.25) is 0 Å². The Labute approximate surface area is 186 Å². The molecule has 4 rings (SSSR count). The molecule has 7 heteroatoms. The summed E-state index contributed by atoms with van der Waals surface area (Å²) in [5.41, 5.74) is 9.65. The second-order valence-electron chi connectivity index (χ2n) is 10.6. The van der Waals surface area contributed by atoms with Crippen molar-refractivity contribution in [1.29, 1.82) is 0 Å². The van der Waals surface area contributed by atoms with Crippen molar-refractivity contribution in [2.24, 2.45) is 11.7 Å². The third kappa shape index (κ3) is 4.86. The highest BCUT2D eigenvalue weighted by Crippen LogP contribution is 2.39. The average Bonchev–Trinajstić information content (AvgIpc) is 3.20. The second-order valence-corrected chi connectivity index (χ2v) is 10.6. The van der Waals surface area contributed by atoms with Gasteiger partial charge in [0.15, 0.2) is 0 Å². The molecule has 0 radical (unpaired) electrons. The number of hydrogen-bond acceptors (Lipinski definition) is 7. The highest BCUT2D eigenvalue weighted by molar-refractivity contribution is 5.75. The second kappa shape index (κ2) is 8.87. The van der Waals surface area contributed by atoms with Gasteiger partial charge in [0.25, 0.3) is 0 Å². The van der Waals surface area contributed by atoms with E-state index in [1.165, 1.54) is 36.2 Å². The minimum atomic E-state index is -0.993. The Morgan fingerprint density at radius 1 is 1.10 bits per heavy atom. The van der Waals surface area contributed by atoms with Crippen LogP contribution in [-0.2, 0) is 10.2 Å². The Morgan fingerprint density at radius 2 is 1.81 bits per heavy atom. The van der Waals surface area contributed by atoms with Gasteiger partial charge in [0.05, 0.1) is 17.5 Å². The van der Waals surface area contributed by atoms with Crippen LogP contribution in [0, 0.1) is 5.92 Å². The first kappa shape index (κ1) is 22.8. The standard InChI is InChI=1S/C24H40N4O3/c1-5-28(13-19-21(29)22(30)23(25)31-19)16-10-14(11-16)6-9-20-26-17-8-7-15(24(2,3)4)12-18(17)27-20/h7-8,12,14,16,19-23,26-27,29-30H,5-6,9-11,13,25H2,1-4H3/t14?,16?,19-,20?,21-,22-,23-/m1/s1. The summed E-state index contributed by atoms with van der Waals surface area (Å²) < 4.78 is 5.56. The van der Waals surface area contributed by atoms with Gasteiger partial charge >= 0.3 is 0 Å². The van der Waals surface area contributed by atoms with E-state index in [0.29, 0.717) is 18.8 Å². The van der Waals surface area contributed by atoms with Crippen LogP contribution in [0.4, 0.5) is 11.4 Å². The summed E-state index contributed by atoms with van der Waals surface area (Å²) in [7, 11) is 0. The van der Waals surface area contributed by atoms with Crippen LogP contribution in [0.3, 0.4) is 0 Å². The molecule has 6 N–H and O–H groups in total. The molecule has 1 aromatic carbocycles. The SMILES string of the molecule is CCN(C[C@H]1O[C@@H](N)[C@H](O)[C@@H]1O)C1CC(CCC2Nc3ccc(C(C)(C)C)cc3N2)C1. The predicted octanol–water partition coefficient (Wildman–Crippen LogP) is 2.43. The van der Waals surface area contributed by atoms with E-state index >= 15 is 0 Å². The van der Waals surface area contributed by atoms with Gasteiger partial charge in [-0.15, -0.1) is 0 Å². The number of anilines is 2. The summed E-state index contributed by atoms with van der Waals surface area (Å²) in [6, 6.07) is 7.23. The molecule has 2 aliphatic heterocycles. The van der Waals surface area contributed by atoms with Gasteiger partial charge in [-0.1, -0.05) is 33.8 Å². The van der Waals surface area contributed by atoms with E-state index in [1.807, 2.05) is 0 Å². The molecule has 1 unspecified atom stereocenters. The third-order valence-corrected chi connectivity index (χ3v) is 7.36. The summed E-state index contributed by atoms with van der Waals surface area (Å²) in [6.07, 6.45) is 1.87. The number of aliphatic hydroxyl groups is 2. The molecular formula is C24H40N4O3. The van der Waals surface area contributed by atoms with E-state index in [0.717, 1.165) is 18.9 Å². The van der Waals surface area contributed by atoms with E-state index in [4.69, 9.17) is 10.5 Å². The lowest BCUT2D eigenvalue weighted by Crippen LogP contribution is -2.49. The predicted molar refractivity (Wildman–Crippen MR) is 124 cm³/mol. The highest BCUT2D eigenvalue weighted by atomic mass is 16.6. The number of benzene rings is 1. The zero-order chi connectivity index (χ0) is 22.3. The number of aliphatic hydroxyl groups excluding tert-OH is 2. The van der Waals surface area contributed by atoms with Crippen LogP contribution in [0.5, 0.6) is 0 Å². The first-order chi connectivity index (χ1) is 14.7. The van der Waals surface area contributed by atoms with Crippen molar-refractivity contribution in [2.75, 3.05) is 23.7 Å². The molecule has 0 amide bonds. The van der Waals surface area contributed by atoms with Crippen LogP contribution in [0.15, 0.2) is 18.2 Å². The van der Waals surface area contributed by atoms with Crippen LogP contribution < -0.4 is 16.4 Å². The van der Waals surface area contributed by atoms with E-state index in [2.05, 4.69) is 61.4 Å². The Bertz CT molecular complexity index is 762. The molecule has 3 aliphatic rings. The minimum absolute atomic E-state index is 0.156. The number of nitrogens with one attached hydrogen (secondary N) is 2. The molecule has 5 atom stereocenters. The van der Waals surface area contributed by atoms with Gasteiger partial charge in [0, 0.05) is 12.6 Å². The smallest absolute Gasteiger partial charge is 0.135 e. The van der Waals surface area contributed by atoms with Crippen molar-refractivity contribution >= 4 is 11.4 Å². The zero-order valence-electron chi connectivity index (χ0n) is 19.3. The maximum atomic E-state index is 10.1. The number of hydrogen-bond donors (Lipinski definition) is 5. The molecule has 0 spiro atoms. The molecule has 0 bridgehead atoms. The number of fused-ring (bicyclic) bond motifs is 1. The van der Waals surface area contributed by atoms with Crippen LogP contribution >= 0.6 is 0 Å². The lowest BCUT2D eigenvalue weighted by molar-refractivity contribution is -0.0307. The van der Waals surface area contributed by atoms with Crippen LogP contribution in [0.25, 0.3) is 0 Å². The van der Waals surface area contributed by atoms with Crippen LogP contribution in [0.1, 0.15) is 58.9 Å². The van der Waals surface area contributed by atoms with Gasteiger partial charge < -0.3 is 31.3 Å². The summed E-state index contributed by atoms with van der Waals surface area (Å²) in [5, 5.41) is 27.3. The molecule has 1 saturated carbocycles. The zero-order valence-corrected chi connectivity index (χ0v) is 19.3. The first-order valence-corrected chi connectivity index (χ1v) is 11.8. The maximum absolute atomic E-state index is 10.1. The van der Waals surface area contributed by atoms with E-state index in [-0.39, 0.29) is 5.41 Å². The number of nitrogens with zero attached hydrogens (tertiary/aromatic N) is 1. The quantitative estimate of drug-likeness (QED) is 0.451. The minimum Gasteiger partial charge on any atom is -0.387 e. The largest absolute Gasteiger partial charge is 0.387 e. The Morgan fingerprint density at radius 3 is 2.42 bits per heavy atom. The molecule has 174 valence electrons. The van der Waals surface area contributed by atoms with Crippen molar-refractivity contribution in [3.8, 4) is 0 Å².